The van der Waals surface area contributed by atoms with E-state index in [9.17, 15) is 0 Å². The quantitative estimate of drug-likeness (QED) is 0.741. The summed E-state index contributed by atoms with van der Waals surface area (Å²) in [5.41, 5.74) is 1.39. The van der Waals surface area contributed by atoms with Gasteiger partial charge in [0.25, 0.3) is 0 Å². The average molecular weight is 360 g/mol. The fourth-order valence-corrected chi connectivity index (χ4v) is 3.96. The number of thioether (sulfide) groups is 1. The molecule has 1 saturated heterocycles. The summed E-state index contributed by atoms with van der Waals surface area (Å²) in [7, 11) is 6.24. The summed E-state index contributed by atoms with van der Waals surface area (Å²) in [4.78, 5) is 6.02. The summed E-state index contributed by atoms with van der Waals surface area (Å²) in [5.74, 6) is 2.66. The van der Waals surface area contributed by atoms with Crippen LogP contribution in [0.25, 0.3) is 0 Å². The van der Waals surface area contributed by atoms with Gasteiger partial charge in [0.05, 0.1) is 6.54 Å². The van der Waals surface area contributed by atoms with Crippen LogP contribution < -0.4 is 0 Å². The highest BCUT2D eigenvalue weighted by Gasteiger charge is 2.26. The lowest BCUT2D eigenvalue weighted by Gasteiger charge is -2.32. The summed E-state index contributed by atoms with van der Waals surface area (Å²) in [6.07, 6.45) is 4.55. The first-order chi connectivity index (χ1) is 12.1. The fraction of sp³-hybridized carbons (Fsp3) is 0.579. The van der Waals surface area contributed by atoms with E-state index in [0.29, 0.717) is 5.92 Å². The van der Waals surface area contributed by atoms with Gasteiger partial charge >= 0.3 is 0 Å². The number of rotatable bonds is 6. The molecule has 3 rings (SSSR count). The summed E-state index contributed by atoms with van der Waals surface area (Å²) < 4.78 is 2.20. The second-order valence-electron chi connectivity index (χ2n) is 7.19. The van der Waals surface area contributed by atoms with Gasteiger partial charge in [-0.05, 0) is 57.4 Å². The minimum atomic E-state index is 0.479. The maximum absolute atomic E-state index is 4.51. The van der Waals surface area contributed by atoms with Gasteiger partial charge in [0.15, 0.2) is 0 Å². The lowest BCUT2D eigenvalue weighted by atomic mass is 9.96. The van der Waals surface area contributed by atoms with Gasteiger partial charge in [-0.2, -0.15) is 0 Å². The third-order valence-corrected chi connectivity index (χ3v) is 5.64. The highest BCUT2D eigenvalue weighted by molar-refractivity contribution is 7.98. The molecule has 0 unspecified atom stereocenters. The molecule has 0 amide bonds. The molecule has 25 heavy (non-hydrogen) atoms. The first-order valence-electron chi connectivity index (χ1n) is 8.95. The highest BCUT2D eigenvalue weighted by Crippen LogP contribution is 2.27. The summed E-state index contributed by atoms with van der Waals surface area (Å²) >= 11 is 1.79. The Morgan fingerprint density at radius 1 is 1.20 bits per heavy atom. The topological polar surface area (TPSA) is 37.2 Å². The zero-order valence-corrected chi connectivity index (χ0v) is 16.6. The third kappa shape index (κ3) is 4.63. The van der Waals surface area contributed by atoms with Gasteiger partial charge in [0, 0.05) is 31.0 Å². The van der Waals surface area contributed by atoms with Gasteiger partial charge in [-0.15, -0.1) is 22.0 Å². The van der Waals surface area contributed by atoms with Gasteiger partial charge in [0.1, 0.15) is 11.6 Å². The number of piperidine rings is 1. The Kier molecular flexibility index (Phi) is 6.15. The Balaban J connectivity index is 1.65. The summed E-state index contributed by atoms with van der Waals surface area (Å²) in [6.45, 7) is 4.09. The van der Waals surface area contributed by atoms with Crippen LogP contribution in [-0.4, -0.2) is 58.0 Å². The van der Waals surface area contributed by atoms with Crippen LogP contribution in [0.2, 0.25) is 0 Å². The molecule has 0 aliphatic carbocycles. The van der Waals surface area contributed by atoms with Gasteiger partial charge in [0.2, 0.25) is 0 Å². The van der Waals surface area contributed by atoms with Gasteiger partial charge in [-0.3, -0.25) is 4.90 Å². The van der Waals surface area contributed by atoms with E-state index in [2.05, 4.69) is 76.2 Å². The monoisotopic (exact) mass is 359 g/mol. The van der Waals surface area contributed by atoms with Crippen molar-refractivity contribution in [1.82, 2.24) is 24.6 Å². The van der Waals surface area contributed by atoms with Crippen LogP contribution >= 0.6 is 11.8 Å². The Morgan fingerprint density at radius 2 is 1.96 bits per heavy atom. The van der Waals surface area contributed by atoms with Crippen LogP contribution in [0, 0.1) is 0 Å². The van der Waals surface area contributed by atoms with Crippen LogP contribution in [0.4, 0.5) is 0 Å². The standard InChI is InChI=1S/C19H29N5S/c1-22(2)14-18-20-21-19(23(18)3)16-6-5-11-24(13-16)12-15-7-9-17(25-4)10-8-15/h7-10,16H,5-6,11-14H2,1-4H3/t16-/m0/s1. The second-order valence-corrected chi connectivity index (χ2v) is 8.07. The van der Waals surface area contributed by atoms with E-state index in [1.807, 2.05) is 0 Å². The van der Waals surface area contributed by atoms with Crippen LogP contribution in [-0.2, 0) is 20.1 Å². The van der Waals surface area contributed by atoms with E-state index in [4.69, 9.17) is 0 Å². The Morgan fingerprint density at radius 3 is 2.64 bits per heavy atom. The molecular weight excluding hydrogens is 330 g/mol. The average Bonchev–Trinajstić information content (AvgIpc) is 2.96. The van der Waals surface area contributed by atoms with E-state index in [0.717, 1.165) is 31.3 Å². The number of nitrogens with zero attached hydrogens (tertiary/aromatic N) is 5. The third-order valence-electron chi connectivity index (χ3n) is 4.89. The minimum Gasteiger partial charge on any atom is -0.317 e. The Bertz CT molecular complexity index is 680. The van der Waals surface area contributed by atoms with Crippen molar-refractivity contribution in [2.75, 3.05) is 33.4 Å². The molecule has 0 spiro atoms. The van der Waals surface area contributed by atoms with Crippen LogP contribution in [0.15, 0.2) is 29.2 Å². The van der Waals surface area contributed by atoms with Crippen molar-refractivity contribution in [2.24, 2.45) is 7.05 Å². The molecule has 1 fully saturated rings. The molecular formula is C19H29N5S. The van der Waals surface area contributed by atoms with E-state index >= 15 is 0 Å². The molecule has 1 aliphatic heterocycles. The zero-order chi connectivity index (χ0) is 17.8. The van der Waals surface area contributed by atoms with E-state index < -0.39 is 0 Å². The molecule has 0 radical (unpaired) electrons. The molecule has 2 heterocycles. The molecule has 0 saturated carbocycles. The lowest BCUT2D eigenvalue weighted by Crippen LogP contribution is -2.34. The number of hydrogen-bond acceptors (Lipinski definition) is 5. The van der Waals surface area contributed by atoms with E-state index in [-0.39, 0.29) is 0 Å². The normalized spacial score (nSPS) is 18.8. The Labute approximate surface area is 155 Å². The molecule has 1 aromatic heterocycles. The van der Waals surface area contributed by atoms with Crippen molar-refractivity contribution in [3.8, 4) is 0 Å². The van der Waals surface area contributed by atoms with Crippen molar-refractivity contribution < 1.29 is 0 Å². The SMILES string of the molecule is CSc1ccc(CN2CCC[C@H](c3nnc(CN(C)C)n3C)C2)cc1. The number of hydrogen-bond donors (Lipinski definition) is 0. The van der Waals surface area contributed by atoms with E-state index in [1.165, 1.54) is 29.8 Å². The van der Waals surface area contributed by atoms with Crippen LogP contribution in [0.3, 0.4) is 0 Å². The number of benzene rings is 1. The van der Waals surface area contributed by atoms with E-state index in [1.54, 1.807) is 11.8 Å². The molecule has 1 aromatic carbocycles. The second kappa shape index (κ2) is 8.34. The molecule has 5 nitrogen and oxygen atoms in total. The summed E-state index contributed by atoms with van der Waals surface area (Å²) in [5, 5.41) is 8.92. The lowest BCUT2D eigenvalue weighted by molar-refractivity contribution is 0.195. The van der Waals surface area contributed by atoms with Crippen LogP contribution in [0.5, 0.6) is 0 Å². The van der Waals surface area contributed by atoms with Crippen LogP contribution in [0.1, 0.15) is 36.0 Å². The zero-order valence-electron chi connectivity index (χ0n) is 15.8. The molecule has 2 aromatic rings. The van der Waals surface area contributed by atoms with Crippen molar-refractivity contribution in [3.05, 3.63) is 41.5 Å². The smallest absolute Gasteiger partial charge is 0.146 e. The Hall–Kier alpha value is -1.37. The largest absolute Gasteiger partial charge is 0.317 e. The molecule has 136 valence electrons. The van der Waals surface area contributed by atoms with Gasteiger partial charge in [-0.1, -0.05) is 12.1 Å². The van der Waals surface area contributed by atoms with Crippen molar-refractivity contribution in [2.45, 2.75) is 36.7 Å². The summed E-state index contributed by atoms with van der Waals surface area (Å²) in [6, 6.07) is 8.95. The first kappa shape index (κ1) is 18.4. The molecule has 0 N–H and O–H groups in total. The predicted molar refractivity (Wildman–Crippen MR) is 104 cm³/mol. The molecule has 1 atom stereocenters. The maximum atomic E-state index is 4.51. The fourth-order valence-electron chi connectivity index (χ4n) is 3.55. The molecule has 1 aliphatic rings. The predicted octanol–water partition coefficient (Wildman–Crippen LogP) is 2.98. The highest BCUT2D eigenvalue weighted by atomic mass is 32.2. The van der Waals surface area contributed by atoms with Crippen molar-refractivity contribution >= 4 is 11.8 Å². The number of aromatic nitrogens is 3. The molecule has 6 heteroatoms. The van der Waals surface area contributed by atoms with Gasteiger partial charge < -0.3 is 9.47 Å². The molecule has 0 bridgehead atoms. The minimum absolute atomic E-state index is 0.479. The first-order valence-corrected chi connectivity index (χ1v) is 10.2. The maximum Gasteiger partial charge on any atom is 0.146 e. The van der Waals surface area contributed by atoms with Gasteiger partial charge in [-0.25, -0.2) is 0 Å². The van der Waals surface area contributed by atoms with Crippen molar-refractivity contribution in [3.63, 3.8) is 0 Å². The number of likely N-dealkylation sites (tertiary alicyclic amines) is 1. The van der Waals surface area contributed by atoms with Crippen molar-refractivity contribution in [1.29, 1.82) is 0 Å².